The molecule has 0 aromatic carbocycles. The molecule has 2 atom stereocenters. The van der Waals surface area contributed by atoms with Crippen LogP contribution in [0.15, 0.2) is 6.07 Å². The van der Waals surface area contributed by atoms with Crippen LogP contribution >= 0.6 is 12.2 Å². The maximum atomic E-state index is 6.21. The summed E-state index contributed by atoms with van der Waals surface area (Å²) in [5.74, 6) is 1.39. The fourth-order valence-corrected chi connectivity index (χ4v) is 3.05. The SMILES string of the molecule is Cc1cc(OC2CCCCC2C)c(C(N)=S)c(C)n1. The number of ether oxygens (including phenoxy) is 1. The molecule has 2 N–H and O–H groups in total. The molecule has 0 spiro atoms. The molecule has 2 rings (SSSR count). The lowest BCUT2D eigenvalue weighted by atomic mass is 9.88. The Hall–Kier alpha value is -1.16. The molecule has 19 heavy (non-hydrogen) atoms. The molecule has 1 fully saturated rings. The summed E-state index contributed by atoms with van der Waals surface area (Å²) in [7, 11) is 0. The number of hydrogen-bond acceptors (Lipinski definition) is 3. The number of aromatic nitrogens is 1. The number of hydrogen-bond donors (Lipinski definition) is 1. The molecule has 104 valence electrons. The highest BCUT2D eigenvalue weighted by Gasteiger charge is 2.24. The first-order chi connectivity index (χ1) is 8.99. The van der Waals surface area contributed by atoms with Crippen LogP contribution in [-0.4, -0.2) is 16.1 Å². The fourth-order valence-electron chi connectivity index (χ4n) is 2.81. The number of thiocarbonyl (C=S) groups is 1. The largest absolute Gasteiger partial charge is 0.489 e. The van der Waals surface area contributed by atoms with Gasteiger partial charge >= 0.3 is 0 Å². The van der Waals surface area contributed by atoms with E-state index < -0.39 is 0 Å². The maximum Gasteiger partial charge on any atom is 0.133 e. The monoisotopic (exact) mass is 278 g/mol. The van der Waals surface area contributed by atoms with Crippen LogP contribution in [0.2, 0.25) is 0 Å². The highest BCUT2D eigenvalue weighted by Crippen LogP contribution is 2.30. The van der Waals surface area contributed by atoms with E-state index >= 15 is 0 Å². The van der Waals surface area contributed by atoms with Gasteiger partial charge in [0.25, 0.3) is 0 Å². The minimum absolute atomic E-state index is 0.267. The third kappa shape index (κ3) is 3.24. The van der Waals surface area contributed by atoms with Crippen molar-refractivity contribution in [2.75, 3.05) is 0 Å². The molecule has 4 heteroatoms. The van der Waals surface area contributed by atoms with Crippen LogP contribution in [-0.2, 0) is 0 Å². The number of aryl methyl sites for hydroxylation is 2. The standard InChI is InChI=1S/C15H22N2OS/c1-9-6-4-5-7-12(9)18-13-8-10(2)17-11(3)14(13)15(16)19/h8-9,12H,4-7H2,1-3H3,(H2,16,19). The second-order valence-corrected chi connectivity index (χ2v) is 5.94. The topological polar surface area (TPSA) is 48.1 Å². The van der Waals surface area contributed by atoms with E-state index in [2.05, 4.69) is 11.9 Å². The molecule has 1 aliphatic carbocycles. The second kappa shape index (κ2) is 5.87. The average Bonchev–Trinajstić information content (AvgIpc) is 2.30. The highest BCUT2D eigenvalue weighted by atomic mass is 32.1. The van der Waals surface area contributed by atoms with E-state index in [0.717, 1.165) is 29.1 Å². The quantitative estimate of drug-likeness (QED) is 0.862. The Balaban J connectivity index is 2.30. The predicted molar refractivity (Wildman–Crippen MR) is 81.6 cm³/mol. The van der Waals surface area contributed by atoms with Gasteiger partial charge in [0.15, 0.2) is 0 Å². The van der Waals surface area contributed by atoms with Crippen molar-refractivity contribution >= 4 is 17.2 Å². The Bertz CT molecular complexity index is 487. The van der Waals surface area contributed by atoms with Crippen LogP contribution in [0.4, 0.5) is 0 Å². The summed E-state index contributed by atoms with van der Waals surface area (Å²) in [6.07, 6.45) is 5.15. The Morgan fingerprint density at radius 2 is 2.05 bits per heavy atom. The van der Waals surface area contributed by atoms with Gasteiger partial charge in [0, 0.05) is 11.8 Å². The zero-order chi connectivity index (χ0) is 14.0. The van der Waals surface area contributed by atoms with Crippen LogP contribution in [0.1, 0.15) is 49.6 Å². The van der Waals surface area contributed by atoms with E-state index in [4.69, 9.17) is 22.7 Å². The molecular formula is C15H22N2OS. The van der Waals surface area contributed by atoms with Crippen LogP contribution in [0.25, 0.3) is 0 Å². The number of rotatable bonds is 3. The Morgan fingerprint density at radius 1 is 1.37 bits per heavy atom. The third-order valence-electron chi connectivity index (χ3n) is 3.85. The van der Waals surface area contributed by atoms with Gasteiger partial charge in [-0.2, -0.15) is 0 Å². The van der Waals surface area contributed by atoms with Crippen LogP contribution < -0.4 is 10.5 Å². The lowest BCUT2D eigenvalue weighted by Gasteiger charge is -2.30. The minimum Gasteiger partial charge on any atom is -0.489 e. The molecule has 1 heterocycles. The smallest absolute Gasteiger partial charge is 0.133 e. The molecule has 0 bridgehead atoms. The van der Waals surface area contributed by atoms with Crippen molar-refractivity contribution in [3.05, 3.63) is 23.0 Å². The molecule has 2 unspecified atom stereocenters. The molecule has 0 aliphatic heterocycles. The summed E-state index contributed by atoms with van der Waals surface area (Å²) in [6, 6.07) is 1.95. The van der Waals surface area contributed by atoms with Gasteiger partial charge in [0.2, 0.25) is 0 Å². The van der Waals surface area contributed by atoms with E-state index in [0.29, 0.717) is 10.9 Å². The van der Waals surface area contributed by atoms with Gasteiger partial charge in [-0.05, 0) is 39.0 Å². The molecule has 3 nitrogen and oxygen atoms in total. The summed E-state index contributed by atoms with van der Waals surface area (Å²) in [5, 5.41) is 0. The Labute approximate surface area is 120 Å². The summed E-state index contributed by atoms with van der Waals surface area (Å²) in [5.41, 5.74) is 8.40. The average molecular weight is 278 g/mol. The molecule has 0 radical (unpaired) electrons. The first-order valence-electron chi connectivity index (χ1n) is 6.93. The summed E-state index contributed by atoms with van der Waals surface area (Å²) in [6.45, 7) is 6.15. The molecule has 1 aromatic rings. The van der Waals surface area contributed by atoms with E-state index in [1.807, 2.05) is 19.9 Å². The molecular weight excluding hydrogens is 256 g/mol. The normalized spacial score (nSPS) is 23.1. The number of nitrogens with two attached hydrogens (primary N) is 1. The van der Waals surface area contributed by atoms with Gasteiger partial charge in [0.05, 0.1) is 11.3 Å². The number of nitrogens with zero attached hydrogens (tertiary/aromatic N) is 1. The third-order valence-corrected chi connectivity index (χ3v) is 4.05. The van der Waals surface area contributed by atoms with Crippen LogP contribution in [0.5, 0.6) is 5.75 Å². The van der Waals surface area contributed by atoms with Gasteiger partial charge in [-0.3, -0.25) is 4.98 Å². The molecule has 0 saturated heterocycles. The lowest BCUT2D eigenvalue weighted by Crippen LogP contribution is -2.29. The summed E-state index contributed by atoms with van der Waals surface area (Å²) in [4.78, 5) is 4.78. The van der Waals surface area contributed by atoms with Crippen LogP contribution in [0.3, 0.4) is 0 Å². The van der Waals surface area contributed by atoms with Crippen molar-refractivity contribution in [1.29, 1.82) is 0 Å². The van der Waals surface area contributed by atoms with Crippen molar-refractivity contribution < 1.29 is 4.74 Å². The van der Waals surface area contributed by atoms with Crippen molar-refractivity contribution in [3.63, 3.8) is 0 Å². The van der Waals surface area contributed by atoms with Gasteiger partial charge in [-0.15, -0.1) is 0 Å². The maximum absolute atomic E-state index is 6.21. The molecule has 1 aliphatic rings. The van der Waals surface area contributed by atoms with Crippen molar-refractivity contribution in [1.82, 2.24) is 4.98 Å². The zero-order valence-corrected chi connectivity index (χ0v) is 12.7. The van der Waals surface area contributed by atoms with Crippen molar-refractivity contribution in [2.24, 2.45) is 11.7 Å². The van der Waals surface area contributed by atoms with Gasteiger partial charge in [-0.1, -0.05) is 25.6 Å². The first kappa shape index (κ1) is 14.3. The predicted octanol–water partition coefficient (Wildman–Crippen LogP) is 3.29. The zero-order valence-electron chi connectivity index (χ0n) is 11.9. The highest BCUT2D eigenvalue weighted by molar-refractivity contribution is 7.80. The second-order valence-electron chi connectivity index (χ2n) is 5.50. The van der Waals surface area contributed by atoms with Crippen molar-refractivity contribution in [3.8, 4) is 5.75 Å². The van der Waals surface area contributed by atoms with E-state index in [-0.39, 0.29) is 6.10 Å². The van der Waals surface area contributed by atoms with E-state index in [1.165, 1.54) is 19.3 Å². The van der Waals surface area contributed by atoms with Crippen molar-refractivity contribution in [2.45, 2.75) is 52.6 Å². The molecule has 0 amide bonds. The van der Waals surface area contributed by atoms with E-state index in [1.54, 1.807) is 0 Å². The minimum atomic E-state index is 0.267. The van der Waals surface area contributed by atoms with E-state index in [9.17, 15) is 0 Å². The van der Waals surface area contributed by atoms with Gasteiger partial charge in [-0.25, -0.2) is 0 Å². The summed E-state index contributed by atoms with van der Waals surface area (Å²) >= 11 is 5.14. The number of pyridine rings is 1. The Kier molecular flexibility index (Phi) is 4.40. The molecule has 1 saturated carbocycles. The lowest BCUT2D eigenvalue weighted by molar-refractivity contribution is 0.102. The summed E-state index contributed by atoms with van der Waals surface area (Å²) < 4.78 is 6.21. The van der Waals surface area contributed by atoms with Crippen LogP contribution in [0, 0.1) is 19.8 Å². The fraction of sp³-hybridized carbons (Fsp3) is 0.600. The first-order valence-corrected chi connectivity index (χ1v) is 7.34. The van der Waals surface area contributed by atoms with Gasteiger partial charge in [0.1, 0.15) is 16.8 Å². The Morgan fingerprint density at radius 3 is 2.68 bits per heavy atom. The molecule has 1 aromatic heterocycles. The van der Waals surface area contributed by atoms with Gasteiger partial charge < -0.3 is 10.5 Å².